The molecule has 0 aliphatic heterocycles. The molecule has 0 bridgehead atoms. The molecule has 0 heterocycles. The number of rotatable bonds is 6. The molecule has 0 aliphatic carbocycles. The van der Waals surface area contributed by atoms with Crippen LogP contribution in [-0.4, -0.2) is 0 Å². The lowest BCUT2D eigenvalue weighted by Gasteiger charge is -2.27. The summed E-state index contributed by atoms with van der Waals surface area (Å²) in [6.07, 6.45) is 4.34. The van der Waals surface area contributed by atoms with Crippen LogP contribution in [0.4, 0.5) is 17.1 Å². The van der Waals surface area contributed by atoms with Gasteiger partial charge in [-0.15, -0.1) is 0 Å². The summed E-state index contributed by atoms with van der Waals surface area (Å²) in [5.74, 6) is 0. The van der Waals surface area contributed by atoms with E-state index in [1.54, 1.807) is 0 Å². The van der Waals surface area contributed by atoms with Gasteiger partial charge in [0, 0.05) is 17.1 Å². The molecular formula is C41H37N. The number of hydrogen-bond donors (Lipinski definition) is 0. The van der Waals surface area contributed by atoms with Gasteiger partial charge in [0.05, 0.1) is 0 Å². The van der Waals surface area contributed by atoms with E-state index in [9.17, 15) is 0 Å². The van der Waals surface area contributed by atoms with Gasteiger partial charge in [0.1, 0.15) is 0 Å². The second-order valence-electron chi connectivity index (χ2n) is 12.1. The maximum atomic E-state index is 2.35. The Labute approximate surface area is 250 Å². The molecule has 42 heavy (non-hydrogen) atoms. The largest absolute Gasteiger partial charge is 0.310 e. The van der Waals surface area contributed by atoms with Crippen LogP contribution < -0.4 is 4.90 Å². The zero-order valence-electron chi connectivity index (χ0n) is 24.9. The fourth-order valence-corrected chi connectivity index (χ4v) is 5.33. The molecule has 1 heteroatoms. The molecule has 0 unspecified atom stereocenters. The molecular weight excluding hydrogens is 506 g/mol. The summed E-state index contributed by atoms with van der Waals surface area (Å²) >= 11 is 0. The highest BCUT2D eigenvalue weighted by atomic mass is 15.1. The zero-order valence-corrected chi connectivity index (χ0v) is 24.9. The van der Waals surface area contributed by atoms with Crippen molar-refractivity contribution in [2.75, 3.05) is 4.90 Å². The van der Waals surface area contributed by atoms with Gasteiger partial charge in [0.15, 0.2) is 0 Å². The number of nitrogens with zero attached hydrogens (tertiary/aromatic N) is 1. The molecule has 0 fully saturated rings. The molecule has 0 aromatic heterocycles. The van der Waals surface area contributed by atoms with E-state index in [2.05, 4.69) is 184 Å². The van der Waals surface area contributed by atoms with E-state index in [0.717, 1.165) is 17.1 Å². The van der Waals surface area contributed by atoms with Gasteiger partial charge < -0.3 is 4.90 Å². The van der Waals surface area contributed by atoms with E-state index in [4.69, 9.17) is 0 Å². The highest BCUT2D eigenvalue weighted by Gasteiger charge is 2.17. The van der Waals surface area contributed by atoms with E-state index in [-0.39, 0.29) is 5.41 Å². The smallest absolute Gasteiger partial charge is 0.0468 e. The molecule has 1 nitrogen and oxygen atoms in total. The standard InChI is InChI=1S/C41H37N/c1-30-9-11-31(12-10-30)13-14-32-15-17-34(18-16-32)35-19-24-38(25-20-35)42(39-27-22-37(23-28-39)41(2,3)4)40-26-21-33-7-5-6-8-36(33)29-40/h5-29H,1-4H3. The molecule has 0 saturated heterocycles. The summed E-state index contributed by atoms with van der Waals surface area (Å²) in [5.41, 5.74) is 11.0. The lowest BCUT2D eigenvalue weighted by Crippen LogP contribution is -2.13. The Bertz CT molecular complexity index is 1820. The van der Waals surface area contributed by atoms with E-state index >= 15 is 0 Å². The molecule has 0 amide bonds. The van der Waals surface area contributed by atoms with Crippen LogP contribution in [0.25, 0.3) is 34.1 Å². The van der Waals surface area contributed by atoms with Crippen molar-refractivity contribution in [3.63, 3.8) is 0 Å². The van der Waals surface area contributed by atoms with Crippen molar-refractivity contribution in [1.82, 2.24) is 0 Å². The minimum atomic E-state index is 0.111. The SMILES string of the molecule is Cc1ccc(C=Cc2ccc(-c3ccc(N(c4ccc(C(C)(C)C)cc4)c4ccc5ccccc5c4)cc3)cc2)cc1. The first-order chi connectivity index (χ1) is 20.3. The molecule has 0 saturated carbocycles. The predicted octanol–water partition coefficient (Wildman–Crippen LogP) is 11.8. The van der Waals surface area contributed by atoms with Gasteiger partial charge in [0.2, 0.25) is 0 Å². The van der Waals surface area contributed by atoms with Gasteiger partial charge in [-0.2, -0.15) is 0 Å². The van der Waals surface area contributed by atoms with E-state index in [1.165, 1.54) is 44.2 Å². The van der Waals surface area contributed by atoms with Crippen LogP contribution >= 0.6 is 0 Å². The average Bonchev–Trinajstić information content (AvgIpc) is 3.01. The van der Waals surface area contributed by atoms with Crippen LogP contribution in [0.2, 0.25) is 0 Å². The van der Waals surface area contributed by atoms with Gasteiger partial charge in [-0.05, 0) is 87.3 Å². The predicted molar refractivity (Wildman–Crippen MR) is 183 cm³/mol. The maximum Gasteiger partial charge on any atom is 0.0468 e. The minimum Gasteiger partial charge on any atom is -0.310 e. The third-order valence-corrected chi connectivity index (χ3v) is 7.90. The summed E-state index contributed by atoms with van der Waals surface area (Å²) in [5, 5.41) is 2.48. The third kappa shape index (κ3) is 6.06. The normalized spacial score (nSPS) is 11.7. The Morgan fingerprint density at radius 1 is 0.476 bits per heavy atom. The molecule has 0 radical (unpaired) electrons. The van der Waals surface area contributed by atoms with Crippen molar-refractivity contribution in [3.05, 3.63) is 162 Å². The van der Waals surface area contributed by atoms with Crippen molar-refractivity contribution in [2.45, 2.75) is 33.1 Å². The highest BCUT2D eigenvalue weighted by Crippen LogP contribution is 2.38. The lowest BCUT2D eigenvalue weighted by molar-refractivity contribution is 0.590. The van der Waals surface area contributed by atoms with Crippen LogP contribution in [0.15, 0.2) is 140 Å². The topological polar surface area (TPSA) is 3.24 Å². The fraction of sp³-hybridized carbons (Fsp3) is 0.122. The van der Waals surface area contributed by atoms with Crippen molar-refractivity contribution in [1.29, 1.82) is 0 Å². The molecule has 0 atom stereocenters. The van der Waals surface area contributed by atoms with Crippen molar-refractivity contribution >= 4 is 40.0 Å². The highest BCUT2D eigenvalue weighted by molar-refractivity contribution is 5.89. The van der Waals surface area contributed by atoms with Gasteiger partial charge in [0.25, 0.3) is 0 Å². The molecule has 6 rings (SSSR count). The van der Waals surface area contributed by atoms with Crippen LogP contribution in [0.5, 0.6) is 0 Å². The fourth-order valence-electron chi connectivity index (χ4n) is 5.33. The first-order valence-corrected chi connectivity index (χ1v) is 14.7. The van der Waals surface area contributed by atoms with Crippen LogP contribution in [-0.2, 0) is 5.41 Å². The monoisotopic (exact) mass is 543 g/mol. The van der Waals surface area contributed by atoms with Gasteiger partial charge >= 0.3 is 0 Å². The molecule has 0 N–H and O–H groups in total. The van der Waals surface area contributed by atoms with E-state index in [0.29, 0.717) is 0 Å². The summed E-state index contributed by atoms with van der Waals surface area (Å²) in [4.78, 5) is 2.35. The van der Waals surface area contributed by atoms with Crippen LogP contribution in [0.3, 0.4) is 0 Å². The molecule has 206 valence electrons. The van der Waals surface area contributed by atoms with Crippen LogP contribution in [0, 0.1) is 6.92 Å². The minimum absolute atomic E-state index is 0.111. The van der Waals surface area contributed by atoms with E-state index < -0.39 is 0 Å². The Hall–Kier alpha value is -4.88. The Morgan fingerprint density at radius 2 is 0.952 bits per heavy atom. The Morgan fingerprint density at radius 3 is 1.52 bits per heavy atom. The number of fused-ring (bicyclic) bond motifs is 1. The molecule has 6 aromatic rings. The molecule has 6 aromatic carbocycles. The zero-order chi connectivity index (χ0) is 29.1. The third-order valence-electron chi connectivity index (χ3n) is 7.90. The van der Waals surface area contributed by atoms with Crippen molar-refractivity contribution in [3.8, 4) is 11.1 Å². The maximum absolute atomic E-state index is 2.35. The van der Waals surface area contributed by atoms with Gasteiger partial charge in [-0.1, -0.05) is 142 Å². The second-order valence-corrected chi connectivity index (χ2v) is 12.1. The average molecular weight is 544 g/mol. The lowest BCUT2D eigenvalue weighted by atomic mass is 9.87. The van der Waals surface area contributed by atoms with Gasteiger partial charge in [-0.25, -0.2) is 0 Å². The summed E-state index contributed by atoms with van der Waals surface area (Å²) in [7, 11) is 0. The Kier molecular flexibility index (Phi) is 7.50. The quantitative estimate of drug-likeness (QED) is 0.189. The number of benzene rings is 6. The van der Waals surface area contributed by atoms with Crippen molar-refractivity contribution in [2.24, 2.45) is 0 Å². The number of anilines is 3. The summed E-state index contributed by atoms with van der Waals surface area (Å²) in [6.45, 7) is 8.89. The molecule has 0 spiro atoms. The van der Waals surface area contributed by atoms with Crippen LogP contribution in [0.1, 0.15) is 43.0 Å². The number of aryl methyl sites for hydroxylation is 1. The summed E-state index contributed by atoms with van der Waals surface area (Å²) < 4.78 is 0. The van der Waals surface area contributed by atoms with Crippen molar-refractivity contribution < 1.29 is 0 Å². The second kappa shape index (κ2) is 11.5. The molecule has 0 aliphatic rings. The first kappa shape index (κ1) is 27.3. The summed E-state index contributed by atoms with van der Waals surface area (Å²) in [6, 6.07) is 50.6. The first-order valence-electron chi connectivity index (χ1n) is 14.7. The van der Waals surface area contributed by atoms with Gasteiger partial charge in [-0.3, -0.25) is 0 Å². The van der Waals surface area contributed by atoms with E-state index in [1.807, 2.05) is 0 Å². The number of hydrogen-bond acceptors (Lipinski definition) is 1. The Balaban J connectivity index is 1.30.